The Labute approximate surface area is 129 Å². The Morgan fingerprint density at radius 2 is 1.85 bits per heavy atom. The van der Waals surface area contributed by atoms with Crippen molar-refractivity contribution in [3.8, 4) is 0 Å². The molecule has 0 aliphatic carbocycles. The third kappa shape index (κ3) is 4.99. The molecule has 0 bridgehead atoms. The van der Waals surface area contributed by atoms with Gasteiger partial charge in [0.15, 0.2) is 0 Å². The van der Waals surface area contributed by atoms with Crippen LogP contribution in [0.4, 0.5) is 5.69 Å². The number of anilines is 1. The van der Waals surface area contributed by atoms with Gasteiger partial charge in [-0.05, 0) is 43.8 Å². The van der Waals surface area contributed by atoms with Crippen molar-refractivity contribution in [2.75, 3.05) is 25.5 Å². The van der Waals surface area contributed by atoms with Crippen molar-refractivity contribution in [1.82, 2.24) is 4.90 Å². The van der Waals surface area contributed by atoms with E-state index in [0.29, 0.717) is 0 Å². The predicted octanol–water partition coefficient (Wildman–Crippen LogP) is 4.30. The Kier molecular flexibility index (Phi) is 5.62. The molecule has 1 N–H and O–H groups in total. The smallest absolute Gasteiger partial charge is 0.0341 e. The minimum absolute atomic E-state index is 0.948. The summed E-state index contributed by atoms with van der Waals surface area (Å²) >= 11 is 3.44. The molecule has 2 aromatic carbocycles. The maximum absolute atomic E-state index is 3.44. The van der Waals surface area contributed by atoms with E-state index in [-0.39, 0.29) is 0 Å². The highest BCUT2D eigenvalue weighted by atomic mass is 79.9. The van der Waals surface area contributed by atoms with Gasteiger partial charge >= 0.3 is 0 Å². The molecule has 2 aromatic rings. The number of hydrogen-bond donors (Lipinski definition) is 1. The van der Waals surface area contributed by atoms with E-state index in [9.17, 15) is 0 Å². The first kappa shape index (κ1) is 15.1. The van der Waals surface area contributed by atoms with Gasteiger partial charge in [0.05, 0.1) is 0 Å². The molecule has 0 heterocycles. The van der Waals surface area contributed by atoms with Crippen LogP contribution in [0.5, 0.6) is 0 Å². The third-order valence-corrected chi connectivity index (χ3v) is 3.73. The molecule has 106 valence electrons. The molecular weight excluding hydrogens is 312 g/mol. The summed E-state index contributed by atoms with van der Waals surface area (Å²) in [4.78, 5) is 2.33. The lowest BCUT2D eigenvalue weighted by Gasteiger charge is -2.17. The zero-order valence-electron chi connectivity index (χ0n) is 12.1. The summed E-state index contributed by atoms with van der Waals surface area (Å²) in [6, 6.07) is 17.0. The number of hydrogen-bond acceptors (Lipinski definition) is 2. The first-order valence-corrected chi connectivity index (χ1v) is 7.66. The van der Waals surface area contributed by atoms with Gasteiger partial charge in [-0.3, -0.25) is 0 Å². The highest BCUT2D eigenvalue weighted by Crippen LogP contribution is 2.13. The quantitative estimate of drug-likeness (QED) is 0.848. The number of aryl methyl sites for hydroxylation is 1. The Morgan fingerprint density at radius 1 is 1.10 bits per heavy atom. The first-order chi connectivity index (χ1) is 9.63. The van der Waals surface area contributed by atoms with Gasteiger partial charge in [-0.15, -0.1) is 0 Å². The van der Waals surface area contributed by atoms with E-state index in [1.165, 1.54) is 11.1 Å². The van der Waals surface area contributed by atoms with Crippen LogP contribution in [0.1, 0.15) is 11.1 Å². The number of nitrogens with zero attached hydrogens (tertiary/aromatic N) is 1. The molecule has 0 unspecified atom stereocenters. The molecule has 0 fully saturated rings. The fourth-order valence-corrected chi connectivity index (χ4v) is 2.42. The monoisotopic (exact) mass is 332 g/mol. The molecule has 2 nitrogen and oxygen atoms in total. The summed E-state index contributed by atoms with van der Waals surface area (Å²) in [6.07, 6.45) is 0. The van der Waals surface area contributed by atoms with Gasteiger partial charge in [0.1, 0.15) is 0 Å². The van der Waals surface area contributed by atoms with Gasteiger partial charge in [0, 0.05) is 29.8 Å². The first-order valence-electron chi connectivity index (χ1n) is 6.87. The van der Waals surface area contributed by atoms with Crippen molar-refractivity contribution < 1.29 is 0 Å². The fraction of sp³-hybridized carbons (Fsp3) is 0.294. The van der Waals surface area contributed by atoms with Crippen LogP contribution < -0.4 is 5.32 Å². The number of halogens is 1. The van der Waals surface area contributed by atoms with Crippen LogP contribution in [0.2, 0.25) is 0 Å². The molecule has 20 heavy (non-hydrogen) atoms. The average molecular weight is 333 g/mol. The van der Waals surface area contributed by atoms with Crippen molar-refractivity contribution in [3.05, 3.63) is 64.1 Å². The summed E-state index contributed by atoms with van der Waals surface area (Å²) in [5.41, 5.74) is 3.86. The Bertz CT molecular complexity index is 537. The van der Waals surface area contributed by atoms with E-state index in [1.54, 1.807) is 0 Å². The van der Waals surface area contributed by atoms with Gasteiger partial charge in [-0.25, -0.2) is 0 Å². The molecule has 2 rings (SSSR count). The number of nitrogens with one attached hydrogen (secondary N) is 1. The normalized spacial score (nSPS) is 10.8. The van der Waals surface area contributed by atoms with Crippen LogP contribution in [0.25, 0.3) is 0 Å². The van der Waals surface area contributed by atoms with Crippen LogP contribution in [-0.2, 0) is 6.54 Å². The summed E-state index contributed by atoms with van der Waals surface area (Å²) < 4.78 is 1.11. The van der Waals surface area contributed by atoms with Crippen LogP contribution in [0.15, 0.2) is 53.0 Å². The highest BCUT2D eigenvalue weighted by molar-refractivity contribution is 9.10. The van der Waals surface area contributed by atoms with Gasteiger partial charge in [-0.2, -0.15) is 0 Å². The van der Waals surface area contributed by atoms with E-state index in [0.717, 1.165) is 29.8 Å². The van der Waals surface area contributed by atoms with E-state index in [2.05, 4.69) is 88.6 Å². The second kappa shape index (κ2) is 7.46. The molecule has 0 saturated heterocycles. The Morgan fingerprint density at radius 3 is 2.55 bits per heavy atom. The van der Waals surface area contributed by atoms with Crippen molar-refractivity contribution >= 4 is 21.6 Å². The second-order valence-corrected chi connectivity index (χ2v) is 6.08. The van der Waals surface area contributed by atoms with Crippen LogP contribution in [-0.4, -0.2) is 25.0 Å². The summed E-state index contributed by atoms with van der Waals surface area (Å²) in [6.45, 7) is 5.09. The Hall–Kier alpha value is -1.32. The highest BCUT2D eigenvalue weighted by Gasteiger charge is 2.00. The summed E-state index contributed by atoms with van der Waals surface area (Å²) in [7, 11) is 2.16. The topological polar surface area (TPSA) is 15.3 Å². The molecule has 0 aliphatic heterocycles. The van der Waals surface area contributed by atoms with Crippen LogP contribution >= 0.6 is 15.9 Å². The van der Waals surface area contributed by atoms with Crippen LogP contribution in [0.3, 0.4) is 0 Å². The summed E-state index contributed by atoms with van der Waals surface area (Å²) in [5.74, 6) is 0. The van der Waals surface area contributed by atoms with Crippen molar-refractivity contribution in [2.45, 2.75) is 13.5 Å². The minimum Gasteiger partial charge on any atom is -0.384 e. The predicted molar refractivity (Wildman–Crippen MR) is 90.1 cm³/mol. The lowest BCUT2D eigenvalue weighted by atomic mass is 10.1. The molecule has 0 saturated carbocycles. The van der Waals surface area contributed by atoms with E-state index >= 15 is 0 Å². The molecule has 0 atom stereocenters. The maximum atomic E-state index is 3.44. The van der Waals surface area contributed by atoms with Gasteiger partial charge < -0.3 is 10.2 Å². The lowest BCUT2D eigenvalue weighted by Crippen LogP contribution is -2.24. The lowest BCUT2D eigenvalue weighted by molar-refractivity contribution is 0.340. The van der Waals surface area contributed by atoms with Crippen molar-refractivity contribution in [3.63, 3.8) is 0 Å². The maximum Gasteiger partial charge on any atom is 0.0341 e. The van der Waals surface area contributed by atoms with Crippen molar-refractivity contribution in [1.29, 1.82) is 0 Å². The standard InChI is InChI=1S/C17H21BrN2/c1-14-4-3-5-15(12-14)13-20(2)11-10-19-17-8-6-16(18)7-9-17/h3-9,12,19H,10-11,13H2,1-2H3. The fourth-order valence-electron chi connectivity index (χ4n) is 2.16. The average Bonchev–Trinajstić information content (AvgIpc) is 2.41. The number of benzene rings is 2. The molecule has 0 amide bonds. The Balaban J connectivity index is 1.75. The van der Waals surface area contributed by atoms with E-state index in [1.807, 2.05) is 0 Å². The molecule has 0 spiro atoms. The summed E-state index contributed by atoms with van der Waals surface area (Å²) in [5, 5.41) is 3.44. The molecule has 0 radical (unpaired) electrons. The van der Waals surface area contributed by atoms with Gasteiger partial charge in [-0.1, -0.05) is 45.8 Å². The largest absolute Gasteiger partial charge is 0.384 e. The molecule has 0 aromatic heterocycles. The number of rotatable bonds is 6. The van der Waals surface area contributed by atoms with E-state index in [4.69, 9.17) is 0 Å². The van der Waals surface area contributed by atoms with Gasteiger partial charge in [0.2, 0.25) is 0 Å². The van der Waals surface area contributed by atoms with Crippen LogP contribution in [0, 0.1) is 6.92 Å². The molecule has 0 aliphatic rings. The van der Waals surface area contributed by atoms with E-state index < -0.39 is 0 Å². The molecule has 3 heteroatoms. The minimum atomic E-state index is 0.948. The zero-order valence-corrected chi connectivity index (χ0v) is 13.7. The SMILES string of the molecule is Cc1cccc(CN(C)CCNc2ccc(Br)cc2)c1. The third-order valence-electron chi connectivity index (χ3n) is 3.20. The second-order valence-electron chi connectivity index (χ2n) is 5.16. The zero-order chi connectivity index (χ0) is 14.4. The molecular formula is C17H21BrN2. The number of likely N-dealkylation sites (N-methyl/N-ethyl adjacent to an activating group) is 1. The van der Waals surface area contributed by atoms with Gasteiger partial charge in [0.25, 0.3) is 0 Å². The van der Waals surface area contributed by atoms with Crippen molar-refractivity contribution in [2.24, 2.45) is 0 Å².